The number of carbonyl (C=O) groups excluding carboxylic acids is 6. The fourth-order valence-electron chi connectivity index (χ4n) is 9.73. The number of hydrogen-bond acceptors (Lipinski definition) is 13. The van der Waals surface area contributed by atoms with E-state index in [4.69, 9.17) is 17.3 Å². The molecule has 5 fully saturated rings. The maximum Gasteiger partial charge on any atom is 0.246 e. The van der Waals surface area contributed by atoms with Crippen LogP contribution in [0.15, 0.2) is 84.8 Å². The van der Waals surface area contributed by atoms with Crippen molar-refractivity contribution in [2.24, 2.45) is 17.3 Å². The van der Waals surface area contributed by atoms with Gasteiger partial charge in [0.1, 0.15) is 17.8 Å². The first-order chi connectivity index (χ1) is 34.8. The minimum Gasteiger partial charge on any atom is -0.399 e. The number of nitrogens with zero attached hydrogens (tertiary/aromatic N) is 6. The number of rotatable bonds is 15. The summed E-state index contributed by atoms with van der Waals surface area (Å²) in [6.07, 6.45) is 18.4. The third-order valence-corrected chi connectivity index (χ3v) is 14.3. The van der Waals surface area contributed by atoms with Gasteiger partial charge in [0.2, 0.25) is 35.9 Å². The van der Waals surface area contributed by atoms with Gasteiger partial charge in [0, 0.05) is 36.9 Å². The maximum atomic E-state index is 13.7. The van der Waals surface area contributed by atoms with Crippen molar-refractivity contribution in [2.75, 3.05) is 27.2 Å². The van der Waals surface area contributed by atoms with Crippen LogP contribution in [-0.4, -0.2) is 135 Å². The molecule has 20 nitrogen and oxygen atoms in total. The lowest BCUT2D eigenvalue weighted by Gasteiger charge is -2.41. The quantitative estimate of drug-likeness (QED) is 0.0618. The zero-order valence-electron chi connectivity index (χ0n) is 42.7. The highest BCUT2D eigenvalue weighted by Crippen LogP contribution is 2.36. The van der Waals surface area contributed by atoms with Crippen LogP contribution in [0, 0.1) is 0 Å². The van der Waals surface area contributed by atoms with Gasteiger partial charge in [0.15, 0.2) is 0 Å². The number of nitrogens with two attached hydrogens (primary N) is 3. The van der Waals surface area contributed by atoms with E-state index in [-0.39, 0.29) is 61.8 Å². The SMILES string of the molecule is C.CNC(C)C(N)=O.CN[C@@H](C)C(=O)NC1CCCCC2CCC(C(=O)NC/C(N)=C/N(N)C3CCC3n3cc(C(NC=O)c4ccccc4)nn3)N2C1=O.O=C1CCCCCC2CCCN12.c1ccccc1. The van der Waals surface area contributed by atoms with Crippen molar-refractivity contribution in [1.29, 1.82) is 0 Å². The van der Waals surface area contributed by atoms with Gasteiger partial charge in [-0.3, -0.25) is 28.8 Å². The third kappa shape index (κ3) is 17.4. The Hall–Kier alpha value is -6.38. The lowest BCUT2D eigenvalue weighted by Crippen LogP contribution is -2.58. The Labute approximate surface area is 432 Å². The summed E-state index contributed by atoms with van der Waals surface area (Å²) in [6, 6.07) is 19.6. The summed E-state index contributed by atoms with van der Waals surface area (Å²) in [4.78, 5) is 76.4. The number of amides is 6. The van der Waals surface area contributed by atoms with E-state index in [0.717, 1.165) is 63.5 Å². The summed E-state index contributed by atoms with van der Waals surface area (Å²) in [7, 11) is 3.38. The molecule has 5 heterocycles. The molecule has 11 N–H and O–H groups in total. The van der Waals surface area contributed by atoms with E-state index >= 15 is 0 Å². The van der Waals surface area contributed by atoms with Crippen LogP contribution in [0.4, 0.5) is 0 Å². The van der Waals surface area contributed by atoms with Gasteiger partial charge in [-0.2, -0.15) is 0 Å². The van der Waals surface area contributed by atoms with Crippen LogP contribution < -0.4 is 43.9 Å². The van der Waals surface area contributed by atoms with Crippen molar-refractivity contribution >= 4 is 35.9 Å². The van der Waals surface area contributed by atoms with Crippen LogP contribution in [-0.2, 0) is 28.8 Å². The molecule has 0 bridgehead atoms. The second-order valence-corrected chi connectivity index (χ2v) is 19.2. The van der Waals surface area contributed by atoms with Gasteiger partial charge in [-0.1, -0.05) is 105 Å². The summed E-state index contributed by atoms with van der Waals surface area (Å²) < 4.78 is 1.77. The lowest BCUT2D eigenvalue weighted by molar-refractivity contribution is -0.144. The van der Waals surface area contributed by atoms with Gasteiger partial charge in [0.05, 0.1) is 43.0 Å². The average Bonchev–Trinajstić information content (AvgIpc) is 4.15. The van der Waals surface area contributed by atoms with Crippen molar-refractivity contribution in [2.45, 2.75) is 172 Å². The Morgan fingerprint density at radius 1 is 0.795 bits per heavy atom. The Morgan fingerprint density at radius 3 is 2.04 bits per heavy atom. The zero-order chi connectivity index (χ0) is 52.0. The normalized spacial score (nSPS) is 23.7. The number of primary amides is 1. The molecule has 0 radical (unpaired) electrons. The molecule has 20 heteroatoms. The highest BCUT2D eigenvalue weighted by Gasteiger charge is 2.44. The van der Waals surface area contributed by atoms with Crippen LogP contribution in [0.25, 0.3) is 0 Å². The molecule has 73 heavy (non-hydrogen) atoms. The fourth-order valence-corrected chi connectivity index (χ4v) is 9.73. The van der Waals surface area contributed by atoms with Crippen molar-refractivity contribution in [1.82, 2.24) is 56.4 Å². The number of benzene rings is 2. The summed E-state index contributed by atoms with van der Waals surface area (Å²) in [5.74, 6) is 5.80. The number of nitrogens with one attached hydrogen (secondary N) is 5. The number of hydrazine groups is 1. The van der Waals surface area contributed by atoms with Crippen LogP contribution >= 0.6 is 0 Å². The van der Waals surface area contributed by atoms with Crippen molar-refractivity contribution in [3.8, 4) is 0 Å². The monoisotopic (exact) mass is 1010 g/mol. The highest BCUT2D eigenvalue weighted by atomic mass is 16.2. The van der Waals surface area contributed by atoms with E-state index in [1.807, 2.05) is 72.9 Å². The number of fused-ring (bicyclic) bond motifs is 2. The first kappa shape index (κ1) is 59.2. The standard InChI is InChI=1S/C32H47N11O4.C10H17NO.C6H6.C4H10N2O.CH4/c1-20(35-2)30(45)38-24-11-7-6-10-23-12-13-28(43(23)32(24)47)31(46)36-16-22(33)17-41(34)26-14-15-27(26)42-18-25(39-40-42)29(37-19-44)21-8-4-3-5-9-21;12-10-7-3-1-2-5-9-6-4-8-11(9)10;1-2-4-6-5-3-1;1-3(6-2)4(5)7;/h3-5,8-9,17-20,23-24,26-29,35H,6-7,10-16,33-34H2,1-2H3,(H,36,46)(H,37,44)(H,38,45);9H,1-8H2;1-6H;3,6H,1-2H3,(H2,5,7);1H4/b22-17-;;;;/t20-,23?,24?,26?,27?,28?,29?;;;;/m0..../s1. The minimum absolute atomic E-state index is 0. The van der Waals surface area contributed by atoms with E-state index in [9.17, 15) is 28.8 Å². The number of hydrogen-bond donors (Lipinski definition) is 8. The molecule has 402 valence electrons. The maximum absolute atomic E-state index is 13.7. The largest absolute Gasteiger partial charge is 0.399 e. The molecule has 1 aromatic heterocycles. The predicted octanol–water partition coefficient (Wildman–Crippen LogP) is 3.28. The van der Waals surface area contributed by atoms with Crippen molar-refractivity contribution < 1.29 is 28.8 Å². The molecule has 4 saturated heterocycles. The molecule has 9 atom stereocenters. The fraction of sp³-hybridized carbons (Fsp3) is 0.585. The number of aromatic nitrogens is 3. The molecule has 5 aliphatic rings. The Morgan fingerprint density at radius 2 is 1.42 bits per heavy atom. The van der Waals surface area contributed by atoms with E-state index in [1.165, 1.54) is 32.1 Å². The van der Waals surface area contributed by atoms with E-state index in [1.54, 1.807) is 48.7 Å². The smallest absolute Gasteiger partial charge is 0.246 e. The Balaban J connectivity index is 0.000000358. The summed E-state index contributed by atoms with van der Waals surface area (Å²) in [5.41, 5.74) is 13.0. The van der Waals surface area contributed by atoms with E-state index in [2.05, 4.69) is 41.8 Å². The summed E-state index contributed by atoms with van der Waals surface area (Å²) >= 11 is 0. The minimum atomic E-state index is -0.660. The van der Waals surface area contributed by atoms with Crippen LogP contribution in [0.2, 0.25) is 0 Å². The van der Waals surface area contributed by atoms with Gasteiger partial charge in [-0.15, -0.1) is 5.10 Å². The number of likely N-dealkylation sites (N-methyl/N-ethyl adjacent to an activating group) is 2. The first-order valence-corrected chi connectivity index (χ1v) is 25.8. The predicted molar refractivity (Wildman–Crippen MR) is 282 cm³/mol. The first-order valence-electron chi connectivity index (χ1n) is 25.8. The molecular formula is C53H84N14O6. The topological polar surface area (TPSA) is 281 Å². The molecule has 8 rings (SSSR count). The second kappa shape index (κ2) is 30.6. The van der Waals surface area contributed by atoms with Gasteiger partial charge in [-0.05, 0) is 97.7 Å². The zero-order valence-corrected chi connectivity index (χ0v) is 42.7. The van der Waals surface area contributed by atoms with Crippen LogP contribution in [0.3, 0.4) is 0 Å². The molecule has 0 spiro atoms. The van der Waals surface area contributed by atoms with Gasteiger partial charge >= 0.3 is 0 Å². The molecule has 1 saturated carbocycles. The second-order valence-electron chi connectivity index (χ2n) is 19.2. The summed E-state index contributed by atoms with van der Waals surface area (Å²) in [6.45, 7) is 4.55. The molecular weight excluding hydrogens is 929 g/mol. The van der Waals surface area contributed by atoms with Gasteiger partial charge < -0.3 is 52.9 Å². The molecule has 3 aromatic rings. The highest BCUT2D eigenvalue weighted by molar-refractivity contribution is 5.93. The van der Waals surface area contributed by atoms with E-state index in [0.29, 0.717) is 42.6 Å². The molecule has 8 unspecified atom stereocenters. The average molecular weight is 1010 g/mol. The Bertz CT molecular complexity index is 2170. The van der Waals surface area contributed by atoms with Crippen molar-refractivity contribution in [3.63, 3.8) is 0 Å². The van der Waals surface area contributed by atoms with Gasteiger partial charge in [0.25, 0.3) is 0 Å². The van der Waals surface area contributed by atoms with E-state index < -0.39 is 24.2 Å². The van der Waals surface area contributed by atoms with Crippen LogP contribution in [0.5, 0.6) is 0 Å². The molecule has 1 aliphatic carbocycles. The molecule has 4 aliphatic heterocycles. The third-order valence-electron chi connectivity index (χ3n) is 14.3. The molecule has 6 amide bonds. The number of carbonyl (C=O) groups is 6. The van der Waals surface area contributed by atoms with Crippen molar-refractivity contribution in [3.05, 3.63) is 96.1 Å². The van der Waals surface area contributed by atoms with Gasteiger partial charge in [-0.25, -0.2) is 10.5 Å². The molecule has 2 aromatic carbocycles. The van der Waals surface area contributed by atoms with Crippen LogP contribution in [0.1, 0.15) is 141 Å². The lowest BCUT2D eigenvalue weighted by atomic mass is 9.86. The Kier molecular flexibility index (Phi) is 24.8. The summed E-state index contributed by atoms with van der Waals surface area (Å²) in [5, 5.41) is 24.4.